The van der Waals surface area contributed by atoms with Gasteiger partial charge in [-0.25, -0.2) is 1.37 Å². The molecule has 0 unspecified atom stereocenters. The van der Waals surface area contributed by atoms with E-state index in [0.717, 1.165) is 6.42 Å². The Hall–Kier alpha value is 1.10. The summed E-state index contributed by atoms with van der Waals surface area (Å²) in [5.41, 5.74) is 0. The van der Waals surface area contributed by atoms with Crippen LogP contribution in [0.1, 0.15) is 28.1 Å². The van der Waals surface area contributed by atoms with Crippen molar-refractivity contribution in [2.24, 2.45) is 0 Å². The number of unbranched alkanes of at least 4 members (excludes halogenated alkanes) is 1. The molecule has 0 aromatic rings. The zero-order valence-electron chi connectivity index (χ0n) is 7.11. The molecule has 0 aromatic heterocycles. The molecule has 0 aliphatic rings. The van der Waals surface area contributed by atoms with Crippen LogP contribution in [-0.2, 0) is 32.7 Å². The second kappa shape index (κ2) is 42.4. The fraction of sp³-hybridized carbons (Fsp3) is 0.571. The minimum Gasteiger partial charge on any atom is -0.358 e. The van der Waals surface area contributed by atoms with Gasteiger partial charge in [-0.2, -0.15) is 13.3 Å². The molecule has 48 valence electrons. The molecule has 0 atom stereocenters. The average molecular weight is 192 g/mol. The molecule has 0 spiro atoms. The summed E-state index contributed by atoms with van der Waals surface area (Å²) in [4.78, 5) is 0. The summed E-state index contributed by atoms with van der Waals surface area (Å²) in [6.07, 6.45) is 2.28. The van der Waals surface area contributed by atoms with Crippen molar-refractivity contribution in [1.29, 1.82) is 0 Å². The Labute approximate surface area is 81.7 Å². The van der Waals surface area contributed by atoms with Crippen LogP contribution >= 0.6 is 0 Å². The second-order valence-electron chi connectivity index (χ2n) is 0.854. The molecular weight excluding hydrogens is 173 g/mol. The molecule has 0 heterocycles. The zero-order valence-corrected chi connectivity index (χ0v) is 8.95. The van der Waals surface area contributed by atoms with Crippen LogP contribution in [0, 0.1) is 21.3 Å². The minimum atomic E-state index is 0. The number of rotatable bonds is 1. The summed E-state index contributed by atoms with van der Waals surface area (Å²) in [6, 6.07) is 0. The minimum absolute atomic E-state index is 0. The molecule has 0 aliphatic carbocycles. The van der Waals surface area contributed by atoms with Gasteiger partial charge in [0.2, 0.25) is 0 Å². The molecule has 0 radical (unpaired) electrons. The summed E-state index contributed by atoms with van der Waals surface area (Å²) >= 11 is 0. The fourth-order valence-corrected chi connectivity index (χ4v) is 0. The zero-order chi connectivity index (χ0) is 7.41. The van der Waals surface area contributed by atoms with Crippen LogP contribution in [0.3, 0.4) is 0 Å². The van der Waals surface area contributed by atoms with Crippen LogP contribution in [0.4, 0.5) is 0 Å². The quantitative estimate of drug-likeness (QED) is 0.560. The van der Waals surface area contributed by atoms with Gasteiger partial charge in [0.1, 0.15) is 0 Å². The van der Waals surface area contributed by atoms with Crippen LogP contribution in [-0.4, -0.2) is 0 Å². The van der Waals surface area contributed by atoms with Crippen LogP contribution in [0.25, 0.3) is 0 Å². The topological polar surface area (TPSA) is 0 Å². The van der Waals surface area contributed by atoms with E-state index in [1.165, 1.54) is 6.42 Å². The van der Waals surface area contributed by atoms with Gasteiger partial charge in [-0.1, -0.05) is 13.3 Å². The monoisotopic (exact) mass is 192 g/mol. The van der Waals surface area contributed by atoms with Gasteiger partial charge in [-0.3, -0.25) is 0 Å². The van der Waals surface area contributed by atoms with E-state index in [4.69, 9.17) is 1.37 Å². The van der Waals surface area contributed by atoms with E-state index < -0.39 is 0 Å². The first-order chi connectivity index (χ1) is 3.91. The van der Waals surface area contributed by atoms with Crippen LogP contribution in [0.5, 0.6) is 0 Å². The van der Waals surface area contributed by atoms with Crippen LogP contribution in [0.15, 0.2) is 0 Å². The van der Waals surface area contributed by atoms with Crippen molar-refractivity contribution in [2.45, 2.75) is 26.7 Å². The summed E-state index contributed by atoms with van der Waals surface area (Å²) in [7, 11) is 2.50. The normalized spacial score (nSPS) is 5.38. The maximum atomic E-state index is 5.50. The predicted octanol–water partition coefficient (Wildman–Crippen LogP) is 2.91. The summed E-state index contributed by atoms with van der Waals surface area (Å²) in [6.45, 7) is 10.7. The Morgan fingerprint density at radius 3 is 1.62 bits per heavy atom. The maximum Gasteiger partial charge on any atom is 3.00 e. The van der Waals surface area contributed by atoms with E-state index in [9.17, 15) is 0 Å². The number of hydrogen-bond acceptors (Lipinski definition) is 0. The molecule has 0 fully saturated rings. The molecule has 8 heavy (non-hydrogen) atoms. The molecule has 0 saturated carbocycles. The van der Waals surface area contributed by atoms with Gasteiger partial charge in [-0.05, 0) is 0 Å². The Bertz CT molecular complexity index is 10.9. The Balaban J connectivity index is -0.0000000221. The van der Waals surface area contributed by atoms with Gasteiger partial charge in [0.25, 0.3) is 0 Å². The van der Waals surface area contributed by atoms with E-state index in [1.807, 2.05) is 0 Å². The molecular formula is C7H17Y. The number of hydrogen-bond donors (Lipinski definition) is 0. The molecule has 0 rings (SSSR count). The smallest absolute Gasteiger partial charge is 0.358 e. The van der Waals surface area contributed by atoms with Crippen molar-refractivity contribution in [1.82, 2.24) is 0 Å². The van der Waals surface area contributed by atoms with Crippen LogP contribution in [0.2, 0.25) is 0 Å². The van der Waals surface area contributed by atoms with E-state index in [0.29, 0.717) is 0 Å². The molecule has 0 amide bonds. The predicted molar refractivity (Wildman–Crippen MR) is 37.7 cm³/mol. The van der Waals surface area contributed by atoms with E-state index in [2.05, 4.69) is 28.2 Å². The first-order valence-electron chi connectivity index (χ1n) is 3.12. The standard InChI is InChI=1S/C4H9.C2H5.CH3.Y/c1-3-4-2;1-2;;/h1,3-4H2,2H3;1H2,2H3;1H3;/q3*-1;+3/i;;1T;. The second-order valence-corrected chi connectivity index (χ2v) is 0.854. The molecule has 0 aromatic carbocycles. The van der Waals surface area contributed by atoms with Gasteiger partial charge in [0.15, 0.2) is 0 Å². The fourth-order valence-electron chi connectivity index (χ4n) is 0. The summed E-state index contributed by atoms with van der Waals surface area (Å²) in [5.74, 6) is 0. The van der Waals surface area contributed by atoms with Crippen molar-refractivity contribution in [2.75, 3.05) is 0 Å². The maximum absolute atomic E-state index is 5.50. The van der Waals surface area contributed by atoms with Crippen molar-refractivity contribution in [3.8, 4) is 0 Å². The van der Waals surface area contributed by atoms with Crippen molar-refractivity contribution < 1.29 is 34.1 Å². The molecule has 0 bridgehead atoms. The van der Waals surface area contributed by atoms with Gasteiger partial charge < -0.3 is 21.3 Å². The summed E-state index contributed by atoms with van der Waals surface area (Å²) in [5, 5.41) is 0. The average Bonchev–Trinajstić information content (AvgIpc) is 1.96. The van der Waals surface area contributed by atoms with Gasteiger partial charge in [-0.15, -0.1) is 0 Å². The van der Waals surface area contributed by atoms with E-state index in [-0.39, 0.29) is 32.7 Å². The van der Waals surface area contributed by atoms with Crippen molar-refractivity contribution in [3.63, 3.8) is 0 Å². The van der Waals surface area contributed by atoms with Gasteiger partial charge in [0, 0.05) is 0 Å². The molecule has 1 heteroatoms. The first-order valence-corrected chi connectivity index (χ1v) is 2.41. The third kappa shape index (κ3) is 59.8. The SMILES string of the molecule is [3H][CH2-].[CH2-]C.[CH2-]CCC.[Y+3]. The molecule has 0 N–H and O–H groups in total. The van der Waals surface area contributed by atoms with E-state index in [1.54, 1.807) is 6.92 Å². The molecule has 0 saturated heterocycles. The Morgan fingerprint density at radius 2 is 1.62 bits per heavy atom. The van der Waals surface area contributed by atoms with Crippen LogP contribution < -0.4 is 0 Å². The van der Waals surface area contributed by atoms with E-state index >= 15 is 0 Å². The third-order valence-electron chi connectivity index (χ3n) is 0.354. The Kier molecular flexibility index (Phi) is 85.1. The third-order valence-corrected chi connectivity index (χ3v) is 0.354. The van der Waals surface area contributed by atoms with Crippen molar-refractivity contribution >= 4 is 0 Å². The van der Waals surface area contributed by atoms with Gasteiger partial charge >= 0.3 is 32.7 Å². The molecule has 0 aliphatic heterocycles. The largest absolute Gasteiger partial charge is 3.00 e. The Morgan fingerprint density at radius 1 is 1.50 bits per heavy atom. The van der Waals surface area contributed by atoms with Gasteiger partial charge in [0.05, 0.1) is 0 Å². The molecule has 0 nitrogen and oxygen atoms in total. The van der Waals surface area contributed by atoms with Crippen molar-refractivity contribution in [3.05, 3.63) is 21.3 Å². The first kappa shape index (κ1) is 16.0. The summed E-state index contributed by atoms with van der Waals surface area (Å²) < 4.78 is 5.50.